The Kier molecular flexibility index (Phi) is 2.98. The highest BCUT2D eigenvalue weighted by Crippen LogP contribution is 2.37. The highest BCUT2D eigenvalue weighted by atomic mass is 16.5. The van der Waals surface area contributed by atoms with Crippen LogP contribution in [0.5, 0.6) is 0 Å². The number of ether oxygens (including phenoxy) is 1. The molecule has 0 radical (unpaired) electrons. The molecule has 102 valence electrons. The van der Waals surface area contributed by atoms with E-state index in [4.69, 9.17) is 4.74 Å². The van der Waals surface area contributed by atoms with Crippen LogP contribution in [0.1, 0.15) is 5.56 Å². The molecule has 0 saturated heterocycles. The molecule has 2 aromatic rings. The van der Waals surface area contributed by atoms with Gasteiger partial charge in [0.15, 0.2) is 5.82 Å². The van der Waals surface area contributed by atoms with Crippen molar-refractivity contribution in [2.24, 2.45) is 0 Å². The second-order valence-electron chi connectivity index (χ2n) is 4.52. The van der Waals surface area contributed by atoms with Crippen molar-refractivity contribution in [2.75, 3.05) is 12.0 Å². The van der Waals surface area contributed by atoms with Crippen LogP contribution in [0, 0.1) is 0 Å². The Bertz CT molecular complexity index is 690. The summed E-state index contributed by atoms with van der Waals surface area (Å²) in [5.74, 6) is 0.194. The Labute approximate surface area is 115 Å². The number of anilines is 2. The van der Waals surface area contributed by atoms with Gasteiger partial charge in [-0.15, -0.1) is 0 Å². The van der Waals surface area contributed by atoms with Crippen LogP contribution in [0.2, 0.25) is 0 Å². The molecule has 20 heavy (non-hydrogen) atoms. The summed E-state index contributed by atoms with van der Waals surface area (Å²) in [5.41, 5.74) is 1.68. The lowest BCUT2D eigenvalue weighted by molar-refractivity contribution is -0.141. The summed E-state index contributed by atoms with van der Waals surface area (Å²) in [6.07, 6.45) is 0.559. The fraction of sp³-hybridized carbons (Fsp3) is 0.214. The van der Waals surface area contributed by atoms with Gasteiger partial charge in [0.2, 0.25) is 0 Å². The van der Waals surface area contributed by atoms with E-state index in [9.17, 15) is 9.59 Å². The maximum absolute atomic E-state index is 12.0. The van der Waals surface area contributed by atoms with E-state index in [0.29, 0.717) is 12.2 Å². The lowest BCUT2D eigenvalue weighted by Crippen LogP contribution is -2.37. The maximum atomic E-state index is 12.0. The number of nitrogens with zero attached hydrogens (tertiary/aromatic N) is 2. The first-order valence-corrected chi connectivity index (χ1v) is 6.21. The highest BCUT2D eigenvalue weighted by molar-refractivity contribution is 5.87. The summed E-state index contributed by atoms with van der Waals surface area (Å²) in [6, 6.07) is 10.2. The number of hydrogen-bond donors (Lipinski definition) is 1. The molecule has 1 aromatic heterocycles. The van der Waals surface area contributed by atoms with E-state index >= 15 is 0 Å². The number of esters is 1. The Morgan fingerprint density at radius 1 is 1.35 bits per heavy atom. The van der Waals surface area contributed by atoms with Gasteiger partial charge in [-0.1, -0.05) is 18.2 Å². The van der Waals surface area contributed by atoms with Crippen molar-refractivity contribution < 1.29 is 9.53 Å². The minimum atomic E-state index is -0.462. The SMILES string of the molecule is COC(=O)C1Cc2ccccc2N1c1ccc(=O)[nH]n1. The van der Waals surface area contributed by atoms with Gasteiger partial charge < -0.3 is 9.64 Å². The molecule has 0 saturated carbocycles. The first-order valence-electron chi connectivity index (χ1n) is 6.21. The van der Waals surface area contributed by atoms with E-state index in [1.165, 1.54) is 13.2 Å². The molecule has 2 heterocycles. The van der Waals surface area contributed by atoms with Crippen molar-refractivity contribution >= 4 is 17.5 Å². The molecule has 1 aliphatic heterocycles. The van der Waals surface area contributed by atoms with E-state index in [2.05, 4.69) is 10.2 Å². The second kappa shape index (κ2) is 4.80. The van der Waals surface area contributed by atoms with Gasteiger partial charge >= 0.3 is 5.97 Å². The number of H-pyrrole nitrogens is 1. The Morgan fingerprint density at radius 3 is 2.85 bits per heavy atom. The maximum Gasteiger partial charge on any atom is 0.329 e. The summed E-state index contributed by atoms with van der Waals surface area (Å²) in [4.78, 5) is 24.9. The van der Waals surface area contributed by atoms with Crippen molar-refractivity contribution in [3.63, 3.8) is 0 Å². The van der Waals surface area contributed by atoms with Gasteiger partial charge in [-0.25, -0.2) is 9.89 Å². The van der Waals surface area contributed by atoms with E-state index in [0.717, 1.165) is 11.3 Å². The van der Waals surface area contributed by atoms with Gasteiger partial charge in [-0.05, 0) is 17.7 Å². The average Bonchev–Trinajstić information content (AvgIpc) is 2.87. The van der Waals surface area contributed by atoms with Crippen LogP contribution >= 0.6 is 0 Å². The van der Waals surface area contributed by atoms with Crippen LogP contribution in [0.4, 0.5) is 11.5 Å². The minimum absolute atomic E-state index is 0.282. The third kappa shape index (κ3) is 1.95. The number of benzene rings is 1. The summed E-state index contributed by atoms with van der Waals surface area (Å²) in [5, 5.41) is 6.39. The molecule has 6 heteroatoms. The van der Waals surface area contributed by atoms with Gasteiger partial charge in [0, 0.05) is 18.2 Å². The van der Waals surface area contributed by atoms with E-state index in [-0.39, 0.29) is 11.5 Å². The van der Waals surface area contributed by atoms with Crippen molar-refractivity contribution in [3.8, 4) is 0 Å². The topological polar surface area (TPSA) is 75.3 Å². The standard InChI is InChI=1S/C14H13N3O3/c1-20-14(19)11-8-9-4-2-3-5-10(9)17(11)12-6-7-13(18)16-15-12/h2-7,11H,8H2,1H3,(H,16,18). The third-order valence-electron chi connectivity index (χ3n) is 3.36. The molecular formula is C14H13N3O3. The van der Waals surface area contributed by atoms with E-state index in [1.807, 2.05) is 24.3 Å². The monoisotopic (exact) mass is 271 g/mol. The van der Waals surface area contributed by atoms with Crippen molar-refractivity contribution in [3.05, 3.63) is 52.3 Å². The Morgan fingerprint density at radius 2 is 2.15 bits per heavy atom. The first kappa shape index (κ1) is 12.4. The molecule has 6 nitrogen and oxygen atoms in total. The summed E-state index contributed by atoms with van der Waals surface area (Å²) < 4.78 is 4.86. The number of nitrogens with one attached hydrogen (secondary N) is 1. The van der Waals surface area contributed by atoms with Crippen LogP contribution in [0.3, 0.4) is 0 Å². The smallest absolute Gasteiger partial charge is 0.329 e. The molecule has 3 rings (SSSR count). The number of methoxy groups -OCH3 is 1. The molecule has 0 bridgehead atoms. The number of carbonyl (C=O) groups excluding carboxylic acids is 1. The first-order chi connectivity index (χ1) is 9.70. The number of fused-ring (bicyclic) bond motifs is 1. The molecule has 1 unspecified atom stereocenters. The van der Waals surface area contributed by atoms with Gasteiger partial charge in [-0.3, -0.25) is 4.79 Å². The molecule has 1 aliphatic rings. The third-order valence-corrected chi connectivity index (χ3v) is 3.36. The molecular weight excluding hydrogens is 258 g/mol. The van der Waals surface area contributed by atoms with Crippen molar-refractivity contribution in [1.82, 2.24) is 10.2 Å². The van der Waals surface area contributed by atoms with Gasteiger partial charge in [0.25, 0.3) is 5.56 Å². The van der Waals surface area contributed by atoms with Gasteiger partial charge in [-0.2, -0.15) is 5.10 Å². The molecule has 0 fully saturated rings. The van der Waals surface area contributed by atoms with Crippen LogP contribution in [0.15, 0.2) is 41.2 Å². The zero-order valence-electron chi connectivity index (χ0n) is 10.9. The van der Waals surface area contributed by atoms with E-state index < -0.39 is 6.04 Å². The number of aromatic nitrogens is 2. The second-order valence-corrected chi connectivity index (χ2v) is 4.52. The number of carbonyl (C=O) groups is 1. The van der Waals surface area contributed by atoms with Crippen LogP contribution in [0.25, 0.3) is 0 Å². The highest BCUT2D eigenvalue weighted by Gasteiger charge is 2.36. The Hall–Kier alpha value is -2.63. The lowest BCUT2D eigenvalue weighted by Gasteiger charge is -2.24. The van der Waals surface area contributed by atoms with E-state index in [1.54, 1.807) is 11.0 Å². The van der Waals surface area contributed by atoms with Gasteiger partial charge in [0.1, 0.15) is 6.04 Å². The molecule has 0 aliphatic carbocycles. The predicted octanol–water partition coefficient (Wildman–Crippen LogP) is 1.01. The summed E-state index contributed by atoms with van der Waals surface area (Å²) in [6.45, 7) is 0. The molecule has 1 N–H and O–H groups in total. The summed E-state index contributed by atoms with van der Waals surface area (Å²) in [7, 11) is 1.36. The predicted molar refractivity (Wildman–Crippen MR) is 72.9 cm³/mol. The van der Waals surface area contributed by atoms with Crippen LogP contribution in [-0.4, -0.2) is 29.3 Å². The minimum Gasteiger partial charge on any atom is -0.467 e. The zero-order valence-corrected chi connectivity index (χ0v) is 10.9. The number of para-hydroxylation sites is 1. The Balaban J connectivity index is 2.09. The van der Waals surface area contributed by atoms with Crippen LogP contribution < -0.4 is 10.5 Å². The quantitative estimate of drug-likeness (QED) is 0.825. The average molecular weight is 271 g/mol. The molecule has 1 aromatic carbocycles. The van der Waals surface area contributed by atoms with Crippen molar-refractivity contribution in [2.45, 2.75) is 12.5 Å². The molecule has 1 atom stereocenters. The number of aromatic amines is 1. The van der Waals surface area contributed by atoms with Crippen molar-refractivity contribution in [1.29, 1.82) is 0 Å². The summed E-state index contributed by atoms with van der Waals surface area (Å²) >= 11 is 0. The fourth-order valence-corrected chi connectivity index (χ4v) is 2.47. The molecule has 0 amide bonds. The van der Waals surface area contributed by atoms with Gasteiger partial charge in [0.05, 0.1) is 7.11 Å². The number of rotatable bonds is 2. The lowest BCUT2D eigenvalue weighted by atomic mass is 10.1. The number of hydrogen-bond acceptors (Lipinski definition) is 5. The largest absolute Gasteiger partial charge is 0.467 e. The zero-order chi connectivity index (χ0) is 14.1. The molecule has 0 spiro atoms. The van der Waals surface area contributed by atoms with Crippen LogP contribution in [-0.2, 0) is 16.0 Å². The normalized spacial score (nSPS) is 16.9. The fourth-order valence-electron chi connectivity index (χ4n) is 2.47.